The van der Waals surface area contributed by atoms with Crippen molar-refractivity contribution in [3.05, 3.63) is 176 Å². The first-order valence-corrected chi connectivity index (χ1v) is 17.2. The molecule has 48 heavy (non-hydrogen) atoms. The maximum absolute atomic E-state index is 2.44. The fraction of sp³-hybridized carbons (Fsp3) is 0. The van der Waals surface area contributed by atoms with Crippen LogP contribution in [0, 0.1) is 0 Å². The molecule has 1 nitrogen and oxygen atoms in total. The zero-order valence-corrected chi connectivity index (χ0v) is 26.9. The summed E-state index contributed by atoms with van der Waals surface area (Å²) in [4.78, 5) is 0. The van der Waals surface area contributed by atoms with Crippen LogP contribution in [0.25, 0.3) is 91.8 Å². The summed E-state index contributed by atoms with van der Waals surface area (Å²) in [6.07, 6.45) is 0. The number of benzene rings is 8. The number of para-hydroxylation sites is 1. The molecule has 0 spiro atoms. The first kappa shape index (κ1) is 27.2. The lowest BCUT2D eigenvalue weighted by atomic mass is 9.93. The van der Waals surface area contributed by atoms with Crippen LogP contribution < -0.4 is 0 Å². The maximum atomic E-state index is 2.44. The average Bonchev–Trinajstić information content (AvgIpc) is 3.72. The van der Waals surface area contributed by atoms with Gasteiger partial charge in [-0.3, -0.25) is 0 Å². The van der Waals surface area contributed by atoms with Gasteiger partial charge in [0.25, 0.3) is 0 Å². The molecule has 0 atom stereocenters. The van der Waals surface area contributed by atoms with Crippen molar-refractivity contribution in [3.63, 3.8) is 0 Å². The van der Waals surface area contributed by atoms with Gasteiger partial charge >= 0.3 is 0 Å². The number of fused-ring (bicyclic) bond motifs is 9. The molecule has 2 aromatic heterocycles. The van der Waals surface area contributed by atoms with E-state index in [1.54, 1.807) is 0 Å². The van der Waals surface area contributed by atoms with Gasteiger partial charge in [0, 0.05) is 36.6 Å². The third-order valence-corrected chi connectivity index (χ3v) is 11.0. The number of nitrogens with zero attached hydrogens (tertiary/aromatic N) is 1. The number of thiophene rings is 1. The Bertz CT molecular complexity index is 2750. The zero-order valence-electron chi connectivity index (χ0n) is 26.1. The smallest absolute Gasteiger partial charge is 0.0555 e. The molecular weight excluding hydrogens is 599 g/mol. The van der Waals surface area contributed by atoms with Gasteiger partial charge in [-0.15, -0.1) is 11.3 Å². The second-order valence-corrected chi connectivity index (χ2v) is 13.6. The van der Waals surface area contributed by atoms with E-state index in [1.165, 1.54) is 91.8 Å². The molecule has 10 rings (SSSR count). The lowest BCUT2D eigenvalue weighted by Crippen LogP contribution is -1.94. The third-order valence-electron chi connectivity index (χ3n) is 9.77. The Morgan fingerprint density at radius 1 is 0.354 bits per heavy atom. The summed E-state index contributed by atoms with van der Waals surface area (Å²) in [7, 11) is 0. The van der Waals surface area contributed by atoms with Crippen molar-refractivity contribution < 1.29 is 0 Å². The predicted octanol–water partition coefficient (Wildman–Crippen LogP) is 13.3. The largest absolute Gasteiger partial charge is 0.309 e. The second-order valence-electron chi connectivity index (χ2n) is 12.5. The molecule has 0 unspecified atom stereocenters. The highest BCUT2D eigenvalue weighted by molar-refractivity contribution is 7.27. The van der Waals surface area contributed by atoms with Gasteiger partial charge in [0.05, 0.1) is 11.0 Å². The standard InChI is InChI=1S/C46H29NS/c1-3-11-30(12-4-1)34-27-35(31-13-5-2-6-14-31)29-36(28-34)32-19-22-37(23-20-32)47-41-18-10-9-17-39(41)45-42(47)25-24-40-44-38-16-8-7-15-33(38)21-26-43(44)48-46(40)45/h1-29H. The van der Waals surface area contributed by atoms with Gasteiger partial charge in [-0.2, -0.15) is 0 Å². The summed E-state index contributed by atoms with van der Waals surface area (Å²) in [5, 5.41) is 7.94. The van der Waals surface area contributed by atoms with Gasteiger partial charge in [0.15, 0.2) is 0 Å². The molecule has 0 aliphatic heterocycles. The highest BCUT2D eigenvalue weighted by atomic mass is 32.1. The summed E-state index contributed by atoms with van der Waals surface area (Å²) < 4.78 is 5.13. The van der Waals surface area contributed by atoms with E-state index in [-0.39, 0.29) is 0 Å². The molecule has 0 radical (unpaired) electrons. The Hall–Kier alpha value is -5.96. The molecule has 0 aliphatic rings. The Morgan fingerprint density at radius 2 is 0.938 bits per heavy atom. The first-order chi connectivity index (χ1) is 23.8. The number of aromatic nitrogens is 1. The summed E-state index contributed by atoms with van der Waals surface area (Å²) in [6.45, 7) is 0. The van der Waals surface area contributed by atoms with Crippen LogP contribution in [0.5, 0.6) is 0 Å². The van der Waals surface area contributed by atoms with Crippen LogP contribution in [0.15, 0.2) is 176 Å². The van der Waals surface area contributed by atoms with Crippen LogP contribution >= 0.6 is 11.3 Å². The van der Waals surface area contributed by atoms with Crippen LogP contribution in [0.3, 0.4) is 0 Å². The van der Waals surface area contributed by atoms with Crippen molar-refractivity contribution in [1.29, 1.82) is 0 Å². The minimum absolute atomic E-state index is 1.17. The quantitative estimate of drug-likeness (QED) is 0.183. The molecule has 0 fully saturated rings. The second kappa shape index (κ2) is 10.8. The summed E-state index contributed by atoms with van der Waals surface area (Å²) in [5.41, 5.74) is 10.9. The summed E-state index contributed by atoms with van der Waals surface area (Å²) in [5.74, 6) is 0. The first-order valence-electron chi connectivity index (χ1n) is 16.4. The molecule has 0 aliphatic carbocycles. The molecule has 2 heterocycles. The molecule has 2 heteroatoms. The van der Waals surface area contributed by atoms with E-state index in [1.807, 2.05) is 11.3 Å². The lowest BCUT2D eigenvalue weighted by Gasteiger charge is -2.13. The molecular formula is C46H29NS. The van der Waals surface area contributed by atoms with Crippen molar-refractivity contribution in [1.82, 2.24) is 4.57 Å². The fourth-order valence-corrected chi connectivity index (χ4v) is 8.80. The van der Waals surface area contributed by atoms with E-state index in [0.717, 1.165) is 0 Å². The third kappa shape index (κ3) is 4.24. The van der Waals surface area contributed by atoms with Crippen LogP contribution in [-0.2, 0) is 0 Å². The van der Waals surface area contributed by atoms with Gasteiger partial charge in [0.2, 0.25) is 0 Å². The number of hydrogen-bond donors (Lipinski definition) is 0. The Balaban J connectivity index is 1.15. The van der Waals surface area contributed by atoms with Crippen molar-refractivity contribution in [2.75, 3.05) is 0 Å². The van der Waals surface area contributed by atoms with Gasteiger partial charge in [-0.25, -0.2) is 0 Å². The zero-order chi connectivity index (χ0) is 31.6. The van der Waals surface area contributed by atoms with E-state index in [9.17, 15) is 0 Å². The lowest BCUT2D eigenvalue weighted by molar-refractivity contribution is 1.18. The highest BCUT2D eigenvalue weighted by Gasteiger charge is 2.18. The number of hydrogen-bond acceptors (Lipinski definition) is 1. The van der Waals surface area contributed by atoms with E-state index in [0.29, 0.717) is 0 Å². The SMILES string of the molecule is c1ccc(-c2cc(-c3ccccc3)cc(-c3ccc(-n4c5ccccc5c5c6sc7ccc8ccccc8c7c6ccc54)cc3)c2)cc1. The molecule has 0 N–H and O–H groups in total. The average molecular weight is 628 g/mol. The van der Waals surface area contributed by atoms with Gasteiger partial charge in [-0.1, -0.05) is 127 Å². The summed E-state index contributed by atoms with van der Waals surface area (Å²) >= 11 is 1.91. The fourth-order valence-electron chi connectivity index (χ4n) is 7.53. The molecule has 224 valence electrons. The van der Waals surface area contributed by atoms with Gasteiger partial charge in [0.1, 0.15) is 0 Å². The maximum Gasteiger partial charge on any atom is 0.0555 e. The van der Waals surface area contributed by atoms with Crippen molar-refractivity contribution in [3.8, 4) is 39.1 Å². The molecule has 0 saturated carbocycles. The monoisotopic (exact) mass is 627 g/mol. The minimum Gasteiger partial charge on any atom is -0.309 e. The highest BCUT2D eigenvalue weighted by Crippen LogP contribution is 2.45. The van der Waals surface area contributed by atoms with Crippen LogP contribution in [-0.4, -0.2) is 4.57 Å². The van der Waals surface area contributed by atoms with E-state index >= 15 is 0 Å². The van der Waals surface area contributed by atoms with Gasteiger partial charge < -0.3 is 4.57 Å². The van der Waals surface area contributed by atoms with Crippen molar-refractivity contribution in [2.24, 2.45) is 0 Å². The van der Waals surface area contributed by atoms with Crippen LogP contribution in [0.4, 0.5) is 0 Å². The topological polar surface area (TPSA) is 4.93 Å². The Labute approximate surface area is 282 Å². The van der Waals surface area contributed by atoms with E-state index < -0.39 is 0 Å². The van der Waals surface area contributed by atoms with Crippen molar-refractivity contribution >= 4 is 64.1 Å². The molecule has 0 amide bonds. The minimum atomic E-state index is 1.17. The van der Waals surface area contributed by atoms with Crippen LogP contribution in [0.2, 0.25) is 0 Å². The molecule has 8 aromatic carbocycles. The summed E-state index contributed by atoms with van der Waals surface area (Å²) in [6, 6.07) is 64.2. The normalized spacial score (nSPS) is 11.8. The van der Waals surface area contributed by atoms with E-state index in [2.05, 4.69) is 180 Å². The van der Waals surface area contributed by atoms with Crippen LogP contribution in [0.1, 0.15) is 0 Å². The molecule has 0 saturated heterocycles. The Kier molecular flexibility index (Phi) is 6.12. The van der Waals surface area contributed by atoms with Crippen molar-refractivity contribution in [2.45, 2.75) is 0 Å². The van der Waals surface area contributed by atoms with E-state index in [4.69, 9.17) is 0 Å². The molecule has 0 bridgehead atoms. The number of rotatable bonds is 4. The molecule has 10 aromatic rings. The predicted molar refractivity (Wildman–Crippen MR) is 207 cm³/mol. The Morgan fingerprint density at radius 3 is 1.62 bits per heavy atom. The van der Waals surface area contributed by atoms with Gasteiger partial charge in [-0.05, 0) is 92.7 Å².